The first-order valence-electron chi connectivity index (χ1n) is 10.5. The smallest absolute Gasteiger partial charge is 0.254 e. The number of hydrogen-bond acceptors (Lipinski definition) is 2. The predicted octanol–water partition coefficient (Wildman–Crippen LogP) is 4.24. The first-order valence-corrected chi connectivity index (χ1v) is 10.5. The van der Waals surface area contributed by atoms with Crippen molar-refractivity contribution < 1.29 is 9.59 Å². The second kappa shape index (κ2) is 8.27. The number of likely N-dealkylation sites (N-methyl/N-ethyl adjacent to an activating group) is 1. The van der Waals surface area contributed by atoms with Gasteiger partial charge < -0.3 is 15.2 Å². The second-order valence-electron chi connectivity index (χ2n) is 8.19. The summed E-state index contributed by atoms with van der Waals surface area (Å²) in [6, 6.07) is 9.20. The van der Waals surface area contributed by atoms with Crippen LogP contribution < -0.4 is 5.32 Å². The fourth-order valence-corrected chi connectivity index (χ4v) is 4.66. The van der Waals surface area contributed by atoms with Gasteiger partial charge in [-0.1, -0.05) is 29.8 Å². The van der Waals surface area contributed by atoms with Crippen molar-refractivity contribution in [1.82, 2.24) is 15.2 Å². The molecule has 5 nitrogen and oxygen atoms in total. The van der Waals surface area contributed by atoms with Gasteiger partial charge in [-0.3, -0.25) is 9.59 Å². The Hall–Kier alpha value is -2.82. The highest BCUT2D eigenvalue weighted by molar-refractivity contribution is 6.01. The number of amides is 2. The molecule has 0 fully saturated rings. The first-order chi connectivity index (χ1) is 14.1. The fraction of sp³-hybridized carbons (Fsp3) is 0.417. The van der Waals surface area contributed by atoms with Gasteiger partial charge in [-0.15, -0.1) is 0 Å². The van der Waals surface area contributed by atoms with Crippen molar-refractivity contribution in [3.63, 3.8) is 0 Å². The summed E-state index contributed by atoms with van der Waals surface area (Å²) >= 11 is 0. The van der Waals surface area contributed by atoms with E-state index in [1.54, 1.807) is 11.9 Å². The molecular weight excluding hydrogens is 362 g/mol. The highest BCUT2D eigenvalue weighted by Gasteiger charge is 2.42. The normalized spacial score (nSPS) is 21.5. The molecule has 0 bridgehead atoms. The first kappa shape index (κ1) is 19.5. The van der Waals surface area contributed by atoms with Crippen LogP contribution in [0.5, 0.6) is 0 Å². The van der Waals surface area contributed by atoms with E-state index in [9.17, 15) is 9.59 Å². The molecule has 29 heavy (non-hydrogen) atoms. The van der Waals surface area contributed by atoms with Crippen LogP contribution >= 0.6 is 0 Å². The molecular formula is C24H29N3O2. The van der Waals surface area contributed by atoms with E-state index in [1.807, 2.05) is 43.5 Å². The monoisotopic (exact) mass is 391 g/mol. The maximum absolute atomic E-state index is 13.4. The van der Waals surface area contributed by atoms with Gasteiger partial charge in [0.15, 0.2) is 0 Å². The van der Waals surface area contributed by atoms with E-state index in [4.69, 9.17) is 0 Å². The van der Waals surface area contributed by atoms with E-state index in [0.717, 1.165) is 36.1 Å². The lowest BCUT2D eigenvalue weighted by Gasteiger charge is -2.39. The summed E-state index contributed by atoms with van der Waals surface area (Å²) in [4.78, 5) is 31.2. The zero-order valence-corrected chi connectivity index (χ0v) is 17.2. The van der Waals surface area contributed by atoms with Crippen LogP contribution in [0.4, 0.5) is 0 Å². The summed E-state index contributed by atoms with van der Waals surface area (Å²) < 4.78 is 0. The van der Waals surface area contributed by atoms with Gasteiger partial charge >= 0.3 is 0 Å². The largest absolute Gasteiger partial charge is 0.365 e. The summed E-state index contributed by atoms with van der Waals surface area (Å²) in [6.45, 7) is 2.62. The number of fused-ring (bicyclic) bond motifs is 1. The highest BCUT2D eigenvalue weighted by atomic mass is 16.2. The Morgan fingerprint density at radius 2 is 2.10 bits per heavy atom. The molecule has 2 aliphatic rings. The van der Waals surface area contributed by atoms with Crippen molar-refractivity contribution in [3.05, 3.63) is 70.6 Å². The van der Waals surface area contributed by atoms with Gasteiger partial charge in [-0.25, -0.2) is 0 Å². The van der Waals surface area contributed by atoms with E-state index in [1.165, 1.54) is 18.4 Å². The third kappa shape index (κ3) is 3.86. The maximum atomic E-state index is 13.4. The molecule has 1 aromatic carbocycles. The molecule has 2 N–H and O–H groups in total. The van der Waals surface area contributed by atoms with Crippen molar-refractivity contribution in [2.24, 2.45) is 0 Å². The lowest BCUT2D eigenvalue weighted by atomic mass is 9.80. The van der Waals surface area contributed by atoms with E-state index >= 15 is 0 Å². The molecule has 1 aromatic heterocycles. The molecule has 1 aliphatic carbocycles. The minimum Gasteiger partial charge on any atom is -0.365 e. The topological polar surface area (TPSA) is 65.2 Å². The SMILES string of the molecule is Cc1cc(C2C(C(=O)NCCC3=CCCCC3)c3ccccc3C(=O)N2C)c[nH]1. The van der Waals surface area contributed by atoms with Gasteiger partial charge in [0.1, 0.15) is 0 Å². The molecule has 1 aliphatic heterocycles. The number of rotatable bonds is 5. The molecule has 0 saturated heterocycles. The Balaban J connectivity index is 1.61. The summed E-state index contributed by atoms with van der Waals surface area (Å²) in [5, 5.41) is 3.15. The molecule has 2 unspecified atom stereocenters. The molecule has 2 aromatic rings. The molecule has 5 heteroatoms. The zero-order chi connectivity index (χ0) is 20.4. The van der Waals surface area contributed by atoms with Gasteiger partial charge in [-0.2, -0.15) is 0 Å². The third-order valence-electron chi connectivity index (χ3n) is 6.18. The minimum atomic E-state index is -0.426. The predicted molar refractivity (Wildman–Crippen MR) is 114 cm³/mol. The number of aryl methyl sites for hydroxylation is 1. The number of nitrogens with zero attached hydrogens (tertiary/aromatic N) is 1. The van der Waals surface area contributed by atoms with E-state index < -0.39 is 5.92 Å². The van der Waals surface area contributed by atoms with Gasteiger partial charge in [0.05, 0.1) is 12.0 Å². The van der Waals surface area contributed by atoms with Crippen molar-refractivity contribution >= 4 is 11.8 Å². The van der Waals surface area contributed by atoms with Crippen LogP contribution in [-0.2, 0) is 4.79 Å². The van der Waals surface area contributed by atoms with E-state index in [0.29, 0.717) is 12.1 Å². The number of aromatic amines is 1. The van der Waals surface area contributed by atoms with Crippen LogP contribution in [0.3, 0.4) is 0 Å². The van der Waals surface area contributed by atoms with Crippen molar-refractivity contribution in [3.8, 4) is 0 Å². The van der Waals surface area contributed by atoms with E-state index in [2.05, 4.69) is 16.4 Å². The quantitative estimate of drug-likeness (QED) is 0.749. The summed E-state index contributed by atoms with van der Waals surface area (Å²) in [5.74, 6) is -0.484. The van der Waals surface area contributed by atoms with Crippen molar-refractivity contribution in [2.45, 2.75) is 51.0 Å². The standard InChI is InChI=1S/C24H29N3O2/c1-16-14-18(15-26-16)22-21(19-10-6-7-11-20(19)24(29)27(22)2)23(28)25-13-12-17-8-4-3-5-9-17/h6-8,10-11,14-15,21-22,26H,3-5,9,12-13H2,1-2H3,(H,25,28). The second-order valence-corrected chi connectivity index (χ2v) is 8.19. The molecule has 0 spiro atoms. The third-order valence-corrected chi connectivity index (χ3v) is 6.18. The van der Waals surface area contributed by atoms with Crippen LogP contribution in [0, 0.1) is 6.92 Å². The zero-order valence-electron chi connectivity index (χ0n) is 17.2. The summed E-state index contributed by atoms with van der Waals surface area (Å²) in [5.41, 5.74) is 4.86. The van der Waals surface area contributed by atoms with Crippen LogP contribution in [0.15, 0.2) is 48.2 Å². The van der Waals surface area contributed by atoms with Gasteiger partial charge in [0.25, 0.3) is 5.91 Å². The van der Waals surface area contributed by atoms with Crippen molar-refractivity contribution in [1.29, 1.82) is 0 Å². The van der Waals surface area contributed by atoms with Crippen LogP contribution in [0.1, 0.15) is 71.2 Å². The number of aromatic nitrogens is 1. The number of carbonyl (C=O) groups excluding carboxylic acids is 2. The molecule has 0 radical (unpaired) electrons. The average molecular weight is 392 g/mol. The van der Waals surface area contributed by atoms with Gasteiger partial charge in [0.2, 0.25) is 5.91 Å². The number of nitrogens with one attached hydrogen (secondary N) is 2. The molecule has 2 atom stereocenters. The number of benzene rings is 1. The number of allylic oxidation sites excluding steroid dienone is 1. The lowest BCUT2D eigenvalue weighted by Crippen LogP contribution is -2.45. The average Bonchev–Trinajstić information content (AvgIpc) is 3.17. The Kier molecular flexibility index (Phi) is 5.56. The van der Waals surface area contributed by atoms with Gasteiger partial charge in [0, 0.05) is 31.0 Å². The Morgan fingerprint density at radius 3 is 2.83 bits per heavy atom. The molecule has 4 rings (SSSR count). The number of H-pyrrole nitrogens is 1. The lowest BCUT2D eigenvalue weighted by molar-refractivity contribution is -0.124. The Bertz CT molecular complexity index is 943. The van der Waals surface area contributed by atoms with Gasteiger partial charge in [-0.05, 0) is 62.3 Å². The molecule has 152 valence electrons. The number of hydrogen-bond donors (Lipinski definition) is 2. The summed E-state index contributed by atoms with van der Waals surface area (Å²) in [6.07, 6.45) is 9.95. The highest BCUT2D eigenvalue weighted by Crippen LogP contribution is 2.42. The summed E-state index contributed by atoms with van der Waals surface area (Å²) in [7, 11) is 1.79. The van der Waals surface area contributed by atoms with Crippen molar-refractivity contribution in [2.75, 3.05) is 13.6 Å². The Labute approximate surface area is 172 Å². The van der Waals surface area contributed by atoms with Crippen LogP contribution in [0.2, 0.25) is 0 Å². The molecule has 2 heterocycles. The fourth-order valence-electron chi connectivity index (χ4n) is 4.66. The number of carbonyl (C=O) groups is 2. The van der Waals surface area contributed by atoms with Crippen LogP contribution in [-0.4, -0.2) is 35.3 Å². The van der Waals surface area contributed by atoms with E-state index in [-0.39, 0.29) is 17.9 Å². The minimum absolute atomic E-state index is 0.0166. The maximum Gasteiger partial charge on any atom is 0.254 e. The van der Waals surface area contributed by atoms with Crippen LogP contribution in [0.25, 0.3) is 0 Å². The molecule has 0 saturated carbocycles. The Morgan fingerprint density at radius 1 is 1.28 bits per heavy atom. The molecule has 2 amide bonds.